The van der Waals surface area contributed by atoms with E-state index in [1.54, 1.807) is 0 Å². The maximum Gasteiger partial charge on any atom is 0.223 e. The molecule has 2 rings (SSSR count). The molecule has 1 aromatic rings. The number of nitrogens with one attached hydrogen (secondary N) is 1. The molecule has 2 amide bonds. The summed E-state index contributed by atoms with van der Waals surface area (Å²) in [6, 6.07) is 8.61. The van der Waals surface area contributed by atoms with Crippen molar-refractivity contribution >= 4 is 11.8 Å². The van der Waals surface area contributed by atoms with Crippen LogP contribution in [0.2, 0.25) is 0 Å². The van der Waals surface area contributed by atoms with Gasteiger partial charge in [-0.25, -0.2) is 0 Å². The van der Waals surface area contributed by atoms with Crippen molar-refractivity contribution in [3.05, 3.63) is 35.4 Å². The summed E-state index contributed by atoms with van der Waals surface area (Å²) < 4.78 is 0. The Morgan fingerprint density at radius 2 is 1.73 bits per heavy atom. The molecule has 4 nitrogen and oxygen atoms in total. The van der Waals surface area contributed by atoms with Crippen LogP contribution in [0.25, 0.3) is 0 Å². The van der Waals surface area contributed by atoms with Gasteiger partial charge in [-0.2, -0.15) is 0 Å². The third kappa shape index (κ3) is 5.86. The third-order valence-electron chi connectivity index (χ3n) is 5.22. The Labute approximate surface area is 158 Å². The van der Waals surface area contributed by atoms with Crippen molar-refractivity contribution in [2.75, 3.05) is 19.6 Å². The zero-order chi connectivity index (χ0) is 19.2. The predicted octanol–water partition coefficient (Wildman–Crippen LogP) is 3.68. The number of nitrogens with zero attached hydrogens (tertiary/aromatic N) is 1. The highest BCUT2D eigenvalue weighted by Crippen LogP contribution is 2.23. The normalized spacial score (nSPS) is 15.8. The minimum Gasteiger partial charge on any atom is -0.356 e. The van der Waals surface area contributed by atoms with E-state index in [0.717, 1.165) is 32.2 Å². The number of aryl methyl sites for hydroxylation is 1. The number of benzene rings is 1. The summed E-state index contributed by atoms with van der Waals surface area (Å²) in [6.07, 6.45) is 3.84. The fraction of sp³-hybridized carbons (Fsp3) is 0.636. The second-order valence-corrected chi connectivity index (χ2v) is 8.39. The number of rotatable bonds is 6. The van der Waals surface area contributed by atoms with Gasteiger partial charge in [-0.1, -0.05) is 52.0 Å². The third-order valence-corrected chi connectivity index (χ3v) is 5.22. The first-order valence-electron chi connectivity index (χ1n) is 9.96. The van der Waals surface area contributed by atoms with Crippen LogP contribution in [0, 0.1) is 5.92 Å². The fourth-order valence-corrected chi connectivity index (χ4v) is 3.36. The standard InChI is InChI=1S/C22H34N2O2/c1-5-14-23-21(26)18-12-15-24(16-13-18)20(25)11-8-17-6-9-19(10-7-17)22(2,3)4/h6-7,9-10,18H,5,8,11-16H2,1-4H3,(H,23,26). The highest BCUT2D eigenvalue weighted by Gasteiger charge is 2.26. The molecule has 1 aromatic carbocycles. The number of hydrogen-bond acceptors (Lipinski definition) is 2. The number of likely N-dealkylation sites (tertiary alicyclic amines) is 1. The number of hydrogen-bond donors (Lipinski definition) is 1. The first-order valence-corrected chi connectivity index (χ1v) is 9.96. The van der Waals surface area contributed by atoms with Gasteiger partial charge in [0.25, 0.3) is 0 Å². The van der Waals surface area contributed by atoms with Crippen LogP contribution in [-0.4, -0.2) is 36.3 Å². The molecule has 0 unspecified atom stereocenters. The van der Waals surface area contributed by atoms with Crippen molar-refractivity contribution in [1.82, 2.24) is 10.2 Å². The monoisotopic (exact) mass is 358 g/mol. The molecule has 1 saturated heterocycles. The first kappa shape index (κ1) is 20.5. The Balaban J connectivity index is 1.76. The summed E-state index contributed by atoms with van der Waals surface area (Å²) in [7, 11) is 0. The molecule has 4 heteroatoms. The van der Waals surface area contributed by atoms with Gasteiger partial charge >= 0.3 is 0 Å². The van der Waals surface area contributed by atoms with E-state index in [0.29, 0.717) is 19.5 Å². The molecule has 1 aliphatic heterocycles. The Morgan fingerprint density at radius 1 is 1.12 bits per heavy atom. The van der Waals surface area contributed by atoms with Crippen LogP contribution in [0.1, 0.15) is 64.5 Å². The van der Waals surface area contributed by atoms with E-state index < -0.39 is 0 Å². The van der Waals surface area contributed by atoms with Crippen LogP contribution in [0.15, 0.2) is 24.3 Å². The smallest absolute Gasteiger partial charge is 0.223 e. The lowest BCUT2D eigenvalue weighted by Crippen LogP contribution is -2.43. The highest BCUT2D eigenvalue weighted by atomic mass is 16.2. The zero-order valence-corrected chi connectivity index (χ0v) is 16.8. The minimum absolute atomic E-state index is 0.0653. The molecule has 0 aliphatic carbocycles. The second kappa shape index (κ2) is 9.20. The lowest BCUT2D eigenvalue weighted by Gasteiger charge is -2.31. The lowest BCUT2D eigenvalue weighted by atomic mass is 9.86. The van der Waals surface area contributed by atoms with E-state index in [2.05, 4.69) is 57.3 Å². The van der Waals surface area contributed by atoms with E-state index in [1.807, 2.05) is 4.90 Å². The van der Waals surface area contributed by atoms with Crippen LogP contribution in [0.3, 0.4) is 0 Å². The largest absolute Gasteiger partial charge is 0.356 e. The van der Waals surface area contributed by atoms with E-state index in [4.69, 9.17) is 0 Å². The molecule has 1 heterocycles. The maximum absolute atomic E-state index is 12.5. The van der Waals surface area contributed by atoms with Crippen molar-refractivity contribution in [1.29, 1.82) is 0 Å². The predicted molar refractivity (Wildman–Crippen MR) is 106 cm³/mol. The molecular weight excluding hydrogens is 324 g/mol. The number of amides is 2. The van der Waals surface area contributed by atoms with Crippen LogP contribution < -0.4 is 5.32 Å². The minimum atomic E-state index is 0.0653. The van der Waals surface area contributed by atoms with Crippen molar-refractivity contribution in [3.63, 3.8) is 0 Å². The average Bonchev–Trinajstić information content (AvgIpc) is 2.64. The Bertz CT molecular complexity index is 594. The quantitative estimate of drug-likeness (QED) is 0.843. The summed E-state index contributed by atoms with van der Waals surface area (Å²) in [5.74, 6) is 0.422. The van der Waals surface area contributed by atoms with Gasteiger partial charge in [0, 0.05) is 32.0 Å². The first-order chi connectivity index (χ1) is 12.3. The van der Waals surface area contributed by atoms with E-state index in [1.165, 1.54) is 11.1 Å². The SMILES string of the molecule is CCCNC(=O)C1CCN(C(=O)CCc2ccc(C(C)(C)C)cc2)CC1. The molecule has 0 spiro atoms. The molecule has 1 fully saturated rings. The Morgan fingerprint density at radius 3 is 2.27 bits per heavy atom. The van der Waals surface area contributed by atoms with Crippen LogP contribution >= 0.6 is 0 Å². The van der Waals surface area contributed by atoms with E-state index in [9.17, 15) is 9.59 Å². The molecule has 144 valence electrons. The number of carbonyl (C=O) groups excluding carboxylic acids is 2. The molecule has 1 aliphatic rings. The summed E-state index contributed by atoms with van der Waals surface area (Å²) in [4.78, 5) is 26.4. The van der Waals surface area contributed by atoms with E-state index in [-0.39, 0.29) is 23.1 Å². The maximum atomic E-state index is 12.5. The second-order valence-electron chi connectivity index (χ2n) is 8.39. The molecule has 0 saturated carbocycles. The molecule has 26 heavy (non-hydrogen) atoms. The van der Waals surface area contributed by atoms with Gasteiger partial charge in [-0.05, 0) is 42.2 Å². The van der Waals surface area contributed by atoms with Crippen LogP contribution in [-0.2, 0) is 21.4 Å². The van der Waals surface area contributed by atoms with Gasteiger partial charge in [0.15, 0.2) is 0 Å². The van der Waals surface area contributed by atoms with Gasteiger partial charge in [0.2, 0.25) is 11.8 Å². The number of piperidine rings is 1. The Kier molecular flexibility index (Phi) is 7.24. The summed E-state index contributed by atoms with van der Waals surface area (Å²) in [5, 5.41) is 2.97. The van der Waals surface area contributed by atoms with Crippen molar-refractivity contribution in [3.8, 4) is 0 Å². The summed E-state index contributed by atoms with van der Waals surface area (Å²) in [6.45, 7) is 10.8. The summed E-state index contributed by atoms with van der Waals surface area (Å²) >= 11 is 0. The topological polar surface area (TPSA) is 49.4 Å². The van der Waals surface area contributed by atoms with Gasteiger partial charge in [0.05, 0.1) is 0 Å². The molecule has 0 atom stereocenters. The fourth-order valence-electron chi connectivity index (χ4n) is 3.36. The zero-order valence-electron chi connectivity index (χ0n) is 16.8. The van der Waals surface area contributed by atoms with Gasteiger partial charge in [0.1, 0.15) is 0 Å². The molecule has 0 aromatic heterocycles. The van der Waals surface area contributed by atoms with Crippen LogP contribution in [0.5, 0.6) is 0 Å². The summed E-state index contributed by atoms with van der Waals surface area (Å²) in [5.41, 5.74) is 2.68. The average molecular weight is 359 g/mol. The molecular formula is C22H34N2O2. The van der Waals surface area contributed by atoms with Gasteiger partial charge in [-0.3, -0.25) is 9.59 Å². The van der Waals surface area contributed by atoms with Crippen LogP contribution in [0.4, 0.5) is 0 Å². The van der Waals surface area contributed by atoms with Crippen molar-refractivity contribution in [2.45, 2.75) is 65.2 Å². The lowest BCUT2D eigenvalue weighted by molar-refractivity contribution is -0.135. The van der Waals surface area contributed by atoms with E-state index >= 15 is 0 Å². The van der Waals surface area contributed by atoms with Gasteiger partial charge in [-0.15, -0.1) is 0 Å². The molecule has 0 radical (unpaired) electrons. The van der Waals surface area contributed by atoms with Crippen molar-refractivity contribution < 1.29 is 9.59 Å². The molecule has 1 N–H and O–H groups in total. The van der Waals surface area contributed by atoms with Crippen molar-refractivity contribution in [2.24, 2.45) is 5.92 Å². The molecule has 0 bridgehead atoms. The Hall–Kier alpha value is -1.84. The highest BCUT2D eigenvalue weighted by molar-refractivity contribution is 5.80. The van der Waals surface area contributed by atoms with Gasteiger partial charge < -0.3 is 10.2 Å². The number of carbonyl (C=O) groups is 2.